The highest BCUT2D eigenvalue weighted by molar-refractivity contribution is 9.26. The highest BCUT2D eigenvalue weighted by Crippen LogP contribution is 2.30. The van der Waals surface area contributed by atoms with Crippen molar-refractivity contribution >= 4 is 22.0 Å². The van der Waals surface area contributed by atoms with Gasteiger partial charge in [-0.2, -0.15) is 0 Å². The summed E-state index contributed by atoms with van der Waals surface area (Å²) < 4.78 is 0. The molecule has 0 spiro atoms. The van der Waals surface area contributed by atoms with Gasteiger partial charge in [0.15, 0.2) is 6.69 Å². The Kier molecular flexibility index (Phi) is 3.99. The Morgan fingerprint density at radius 3 is 2.76 bits per heavy atom. The summed E-state index contributed by atoms with van der Waals surface area (Å²) in [6.45, 7) is 3.34. The number of aryl methyl sites for hydroxylation is 1. The van der Waals surface area contributed by atoms with Gasteiger partial charge < -0.3 is 0 Å². The third kappa shape index (κ3) is 3.65. The van der Waals surface area contributed by atoms with E-state index >= 15 is 0 Å². The maximum atomic E-state index is 4.36. The Hall–Kier alpha value is -0.673. The second-order valence-corrected chi connectivity index (χ2v) is 14.4. The van der Waals surface area contributed by atoms with E-state index in [4.69, 9.17) is 0 Å². The second kappa shape index (κ2) is 5.32. The van der Waals surface area contributed by atoms with Crippen molar-refractivity contribution in [3.8, 4) is 0 Å². The fourth-order valence-electron chi connectivity index (χ4n) is 2.01. The molecule has 0 N–H and O–H groups in total. The van der Waals surface area contributed by atoms with Gasteiger partial charge in [-0.25, -0.2) is 0 Å². The topological polar surface area (TPSA) is 12.9 Å². The van der Waals surface area contributed by atoms with E-state index in [1.165, 1.54) is 10.9 Å². The monoisotopic (exact) mass is 307 g/mol. The van der Waals surface area contributed by atoms with E-state index in [2.05, 4.69) is 63.7 Å². The van der Waals surface area contributed by atoms with Gasteiger partial charge in [0.1, 0.15) is 0 Å². The van der Waals surface area contributed by atoms with Crippen molar-refractivity contribution in [3.05, 3.63) is 53.5 Å². The summed E-state index contributed by atoms with van der Waals surface area (Å²) in [5.41, 5.74) is 1.19. The lowest BCUT2D eigenvalue weighted by Crippen LogP contribution is -2.17. The third-order valence-electron chi connectivity index (χ3n) is 3.06. The number of pyridine rings is 1. The fraction of sp³-hybridized carbons (Fsp3) is 0.357. The number of aromatic nitrogens is 1. The van der Waals surface area contributed by atoms with Gasteiger partial charge in [-0.15, -0.1) is 15.3 Å². The molecule has 1 aliphatic rings. The molecule has 1 aromatic rings. The van der Waals surface area contributed by atoms with Crippen LogP contribution in [-0.2, 0) is 6.42 Å². The van der Waals surface area contributed by atoms with Gasteiger partial charge in [0.05, 0.1) is 0 Å². The molecule has 3 heteroatoms. The second-order valence-electron chi connectivity index (χ2n) is 4.98. The molecular formula is C14H18BrNSi. The number of hydrogen-bond acceptors (Lipinski definition) is 1. The Bertz CT molecular complexity index is 431. The average molecular weight is 308 g/mol. The first-order valence-corrected chi connectivity index (χ1v) is 11.3. The van der Waals surface area contributed by atoms with E-state index in [1.54, 1.807) is 0 Å². The molecule has 0 radical (unpaired) electrons. The summed E-state index contributed by atoms with van der Waals surface area (Å²) >= 11 is 3.84. The van der Waals surface area contributed by atoms with Gasteiger partial charge in [0, 0.05) is 11.9 Å². The number of nitrogens with zero attached hydrogens (tertiary/aromatic N) is 1. The van der Waals surface area contributed by atoms with Crippen LogP contribution in [-0.4, -0.2) is 11.7 Å². The maximum Gasteiger partial charge on any atom is 0.154 e. The number of hydrogen-bond donors (Lipinski definition) is 0. The molecule has 1 atom stereocenters. The molecule has 1 aliphatic carbocycles. The summed E-state index contributed by atoms with van der Waals surface area (Å²) in [4.78, 5) is 4.36. The van der Waals surface area contributed by atoms with Gasteiger partial charge in [-0.05, 0) is 30.9 Å². The van der Waals surface area contributed by atoms with Crippen molar-refractivity contribution in [1.82, 2.24) is 4.98 Å². The van der Waals surface area contributed by atoms with Crippen LogP contribution in [0, 0.1) is 5.92 Å². The van der Waals surface area contributed by atoms with Crippen molar-refractivity contribution in [3.63, 3.8) is 0 Å². The molecule has 0 bridgehead atoms. The van der Waals surface area contributed by atoms with E-state index in [0.717, 1.165) is 12.8 Å². The summed E-state index contributed by atoms with van der Waals surface area (Å²) in [5, 5.41) is 1.52. The van der Waals surface area contributed by atoms with Crippen LogP contribution in [0.5, 0.6) is 0 Å². The Morgan fingerprint density at radius 1 is 1.35 bits per heavy atom. The molecule has 1 unspecified atom stereocenters. The Morgan fingerprint density at radius 2 is 2.18 bits per heavy atom. The van der Waals surface area contributed by atoms with Crippen molar-refractivity contribution in [2.75, 3.05) is 0 Å². The minimum atomic E-state index is -1.30. The summed E-state index contributed by atoms with van der Waals surface area (Å²) in [6, 6.07) is 6.13. The molecule has 0 saturated carbocycles. The Labute approximate surface area is 112 Å². The first kappa shape index (κ1) is 12.8. The van der Waals surface area contributed by atoms with Crippen LogP contribution in [0.1, 0.15) is 12.1 Å². The zero-order valence-electron chi connectivity index (χ0n) is 10.4. The quantitative estimate of drug-likeness (QED) is 0.598. The van der Waals surface area contributed by atoms with Crippen molar-refractivity contribution in [1.29, 1.82) is 0 Å². The van der Waals surface area contributed by atoms with Gasteiger partial charge >= 0.3 is 0 Å². The smallest absolute Gasteiger partial charge is 0.154 e. The van der Waals surface area contributed by atoms with Gasteiger partial charge in [0.25, 0.3) is 0 Å². The molecular weight excluding hydrogens is 290 g/mol. The molecule has 0 saturated heterocycles. The summed E-state index contributed by atoms with van der Waals surface area (Å²) in [5.74, 6) is 0.594. The van der Waals surface area contributed by atoms with Crippen LogP contribution in [0.25, 0.3) is 0 Å². The summed E-state index contributed by atoms with van der Waals surface area (Å²) in [7, 11) is 0. The minimum Gasteiger partial charge on any atom is -0.261 e. The van der Waals surface area contributed by atoms with Gasteiger partial charge in [-0.3, -0.25) is 4.98 Å². The molecule has 0 aromatic carbocycles. The van der Waals surface area contributed by atoms with Crippen LogP contribution < -0.4 is 0 Å². The standard InChI is InChI=1S/C14H18BrNSi/c1-17(2,15)14-9-7-12(11-14)6-8-13-5-3-4-10-16-13/h3-5,7,9-12H,6,8H2,1-2H3. The van der Waals surface area contributed by atoms with Gasteiger partial charge in [0.2, 0.25) is 0 Å². The average Bonchev–Trinajstić information content (AvgIpc) is 2.76. The fourth-order valence-corrected chi connectivity index (χ4v) is 3.90. The molecule has 0 fully saturated rings. The zero-order chi connectivity index (χ0) is 12.3. The Balaban J connectivity index is 1.91. The molecule has 1 nitrogen and oxygen atoms in total. The zero-order valence-corrected chi connectivity index (χ0v) is 12.9. The molecule has 17 heavy (non-hydrogen) atoms. The van der Waals surface area contributed by atoms with Crippen LogP contribution in [0.3, 0.4) is 0 Å². The van der Waals surface area contributed by atoms with Crippen LogP contribution in [0.4, 0.5) is 0 Å². The highest BCUT2D eigenvalue weighted by Gasteiger charge is 2.24. The maximum absolute atomic E-state index is 4.36. The molecule has 0 aliphatic heterocycles. The number of halogens is 1. The lowest BCUT2D eigenvalue weighted by atomic mass is 10.0. The highest BCUT2D eigenvalue weighted by atomic mass is 79.9. The first-order chi connectivity index (χ1) is 8.05. The van der Waals surface area contributed by atoms with E-state index in [-0.39, 0.29) is 0 Å². The third-order valence-corrected chi connectivity index (χ3v) is 6.14. The van der Waals surface area contributed by atoms with Crippen LogP contribution >= 0.6 is 15.3 Å². The first-order valence-electron chi connectivity index (χ1n) is 6.05. The number of rotatable bonds is 4. The van der Waals surface area contributed by atoms with E-state index in [1.807, 2.05) is 12.3 Å². The van der Waals surface area contributed by atoms with Crippen molar-refractivity contribution in [2.45, 2.75) is 25.9 Å². The lowest BCUT2D eigenvalue weighted by Gasteiger charge is -2.13. The minimum absolute atomic E-state index is 0.594. The SMILES string of the molecule is C[Si](C)(Br)C1=CC(CCc2ccccn2)C=C1. The van der Waals surface area contributed by atoms with Crippen molar-refractivity contribution in [2.24, 2.45) is 5.92 Å². The molecule has 1 heterocycles. The molecule has 2 rings (SSSR count). The molecule has 90 valence electrons. The normalized spacial score (nSPS) is 19.5. The largest absolute Gasteiger partial charge is 0.261 e. The lowest BCUT2D eigenvalue weighted by molar-refractivity contribution is 0.703. The molecule has 1 aromatic heterocycles. The van der Waals surface area contributed by atoms with E-state index in [9.17, 15) is 0 Å². The predicted molar refractivity (Wildman–Crippen MR) is 79.7 cm³/mol. The molecule has 0 amide bonds. The predicted octanol–water partition coefficient (Wildman–Crippen LogP) is 4.27. The van der Waals surface area contributed by atoms with E-state index in [0.29, 0.717) is 5.92 Å². The van der Waals surface area contributed by atoms with Gasteiger partial charge in [-0.1, -0.05) is 42.6 Å². The number of allylic oxidation sites excluding steroid dienone is 4. The van der Waals surface area contributed by atoms with Crippen LogP contribution in [0.15, 0.2) is 47.8 Å². The van der Waals surface area contributed by atoms with Crippen LogP contribution in [0.2, 0.25) is 13.1 Å². The van der Waals surface area contributed by atoms with Crippen molar-refractivity contribution < 1.29 is 0 Å². The summed E-state index contributed by atoms with van der Waals surface area (Å²) in [6.07, 6.45) is 11.1. The van der Waals surface area contributed by atoms with E-state index < -0.39 is 6.69 Å².